The summed E-state index contributed by atoms with van der Waals surface area (Å²) in [7, 11) is -3.59. The molecule has 29 heavy (non-hydrogen) atoms. The lowest BCUT2D eigenvalue weighted by Gasteiger charge is -2.26. The number of ether oxygens (including phenoxy) is 1. The van der Waals surface area contributed by atoms with Gasteiger partial charge < -0.3 is 4.74 Å². The van der Waals surface area contributed by atoms with Gasteiger partial charge in [0.1, 0.15) is 6.07 Å². The Hall–Kier alpha value is -3.33. The number of hydrazone groups is 1. The number of hydrogen-bond acceptors (Lipinski definition) is 8. The van der Waals surface area contributed by atoms with Gasteiger partial charge in [-0.25, -0.2) is 8.42 Å². The van der Waals surface area contributed by atoms with Gasteiger partial charge in [0.2, 0.25) is 10.0 Å². The van der Waals surface area contributed by atoms with E-state index in [9.17, 15) is 23.8 Å². The molecule has 0 saturated carbocycles. The third-order valence-electron chi connectivity index (χ3n) is 4.22. The Morgan fingerprint density at radius 1 is 1.14 bits per heavy atom. The molecule has 0 unspecified atom stereocenters. The average molecular weight is 415 g/mol. The lowest BCUT2D eigenvalue weighted by atomic mass is 10.1. The van der Waals surface area contributed by atoms with Crippen LogP contribution < -0.4 is 5.43 Å². The molecule has 1 N–H and O–H groups in total. The summed E-state index contributed by atoms with van der Waals surface area (Å²) in [5.74, 6) is 0. The fourth-order valence-corrected chi connectivity index (χ4v) is 4.06. The van der Waals surface area contributed by atoms with Crippen molar-refractivity contribution < 1.29 is 18.1 Å². The highest BCUT2D eigenvalue weighted by molar-refractivity contribution is 7.89. The summed E-state index contributed by atoms with van der Waals surface area (Å²) in [6.45, 7) is 1.36. The van der Waals surface area contributed by atoms with E-state index in [0.717, 1.165) is 0 Å². The van der Waals surface area contributed by atoms with Gasteiger partial charge in [0.05, 0.1) is 28.7 Å². The van der Waals surface area contributed by atoms with Crippen LogP contribution in [0.25, 0.3) is 0 Å². The van der Waals surface area contributed by atoms with Crippen molar-refractivity contribution in [3.05, 3.63) is 64.2 Å². The lowest BCUT2D eigenvalue weighted by molar-refractivity contribution is -0.384. The number of nitrogens with zero attached hydrogens (tertiary/aromatic N) is 4. The zero-order chi connectivity index (χ0) is 20.9. The van der Waals surface area contributed by atoms with Gasteiger partial charge >= 0.3 is 0 Å². The Morgan fingerprint density at radius 2 is 1.76 bits per heavy atom. The number of morpholine rings is 1. The Balaban J connectivity index is 1.73. The molecule has 2 aromatic carbocycles. The number of hydrogen-bond donors (Lipinski definition) is 1. The third kappa shape index (κ3) is 4.75. The van der Waals surface area contributed by atoms with Crippen molar-refractivity contribution in [2.75, 3.05) is 31.7 Å². The quantitative estimate of drug-likeness (QED) is 0.432. The van der Waals surface area contributed by atoms with Gasteiger partial charge in [-0.3, -0.25) is 15.5 Å². The molecule has 2 aromatic rings. The zero-order valence-corrected chi connectivity index (χ0v) is 16.0. The van der Waals surface area contributed by atoms with E-state index < -0.39 is 14.9 Å². The van der Waals surface area contributed by atoms with Crippen LogP contribution in [0.15, 0.2) is 58.5 Å². The number of nitriles is 1. The monoisotopic (exact) mass is 415 g/mol. The minimum atomic E-state index is -3.59. The van der Waals surface area contributed by atoms with Crippen molar-refractivity contribution in [2.24, 2.45) is 5.10 Å². The minimum absolute atomic E-state index is 0.0323. The first-order chi connectivity index (χ1) is 13.9. The molecule has 3 rings (SSSR count). The largest absolute Gasteiger partial charge is 0.379 e. The first-order valence-electron chi connectivity index (χ1n) is 8.58. The van der Waals surface area contributed by atoms with E-state index in [1.54, 1.807) is 12.1 Å². The molecular formula is C18H17N5O5S. The predicted octanol–water partition coefficient (Wildman–Crippen LogP) is 1.96. The number of non-ortho nitro benzene ring substituents is 1. The summed E-state index contributed by atoms with van der Waals surface area (Å²) in [6, 6.07) is 13.4. The number of rotatable bonds is 6. The maximum absolute atomic E-state index is 12.6. The molecular weight excluding hydrogens is 398 g/mol. The molecule has 0 spiro atoms. The smallest absolute Gasteiger partial charge is 0.269 e. The van der Waals surface area contributed by atoms with Crippen molar-refractivity contribution in [1.29, 1.82) is 5.26 Å². The average Bonchev–Trinajstić information content (AvgIpc) is 2.75. The first kappa shape index (κ1) is 20.4. The minimum Gasteiger partial charge on any atom is -0.379 e. The molecule has 0 atom stereocenters. The van der Waals surface area contributed by atoms with Gasteiger partial charge in [-0.1, -0.05) is 0 Å². The molecule has 0 aliphatic carbocycles. The molecule has 1 aliphatic heterocycles. The SMILES string of the molecule is N#C/C(=N/Nc1ccc(S(=O)(=O)N2CCOCC2)cc1)c1ccc([N+](=O)[O-])cc1. The topological polar surface area (TPSA) is 138 Å². The highest BCUT2D eigenvalue weighted by atomic mass is 32.2. The van der Waals surface area contributed by atoms with Crippen molar-refractivity contribution in [3.8, 4) is 6.07 Å². The summed E-state index contributed by atoms with van der Waals surface area (Å²) < 4.78 is 31.8. The van der Waals surface area contributed by atoms with Crippen LogP contribution in [0.4, 0.5) is 11.4 Å². The molecule has 1 saturated heterocycles. The van der Waals surface area contributed by atoms with E-state index in [1.807, 2.05) is 6.07 Å². The maximum atomic E-state index is 12.6. The highest BCUT2D eigenvalue weighted by Crippen LogP contribution is 2.20. The molecule has 0 amide bonds. The van der Waals surface area contributed by atoms with Crippen LogP contribution in [0.2, 0.25) is 0 Å². The Kier molecular flexibility index (Phi) is 6.18. The second-order valence-corrected chi connectivity index (χ2v) is 7.97. The second-order valence-electron chi connectivity index (χ2n) is 6.03. The van der Waals surface area contributed by atoms with E-state index >= 15 is 0 Å². The number of anilines is 1. The summed E-state index contributed by atoms with van der Waals surface area (Å²) >= 11 is 0. The molecule has 1 aliphatic rings. The molecule has 0 radical (unpaired) electrons. The molecule has 0 bridgehead atoms. The molecule has 1 fully saturated rings. The highest BCUT2D eigenvalue weighted by Gasteiger charge is 2.26. The van der Waals surface area contributed by atoms with Crippen LogP contribution in [0, 0.1) is 21.4 Å². The van der Waals surface area contributed by atoms with Crippen molar-refractivity contribution >= 4 is 27.1 Å². The summed E-state index contributed by atoms with van der Waals surface area (Å²) in [6.07, 6.45) is 0. The summed E-state index contributed by atoms with van der Waals surface area (Å²) in [5, 5.41) is 24.0. The third-order valence-corrected chi connectivity index (χ3v) is 6.13. The van der Waals surface area contributed by atoms with Gasteiger partial charge in [0, 0.05) is 30.8 Å². The van der Waals surface area contributed by atoms with Crippen molar-refractivity contribution in [3.63, 3.8) is 0 Å². The van der Waals surface area contributed by atoms with Gasteiger partial charge in [0.25, 0.3) is 5.69 Å². The number of nitro benzene ring substituents is 1. The lowest BCUT2D eigenvalue weighted by Crippen LogP contribution is -2.40. The van der Waals surface area contributed by atoms with E-state index in [2.05, 4.69) is 10.5 Å². The van der Waals surface area contributed by atoms with Crippen molar-refractivity contribution in [2.45, 2.75) is 4.90 Å². The summed E-state index contributed by atoms with van der Waals surface area (Å²) in [4.78, 5) is 10.3. The van der Waals surface area contributed by atoms with Crippen molar-refractivity contribution in [1.82, 2.24) is 4.31 Å². The maximum Gasteiger partial charge on any atom is 0.269 e. The standard InChI is InChI=1S/C18H17N5O5S/c19-13-18(14-1-5-16(6-2-14)23(24)25)21-20-15-3-7-17(8-4-15)29(26,27)22-9-11-28-12-10-22/h1-8,20H,9-12H2/b21-18-. The van der Waals surface area contributed by atoms with Gasteiger partial charge in [-0.15, -0.1) is 0 Å². The van der Waals surface area contributed by atoms with E-state index in [0.29, 0.717) is 37.6 Å². The Labute approximate surface area is 167 Å². The van der Waals surface area contributed by atoms with Crippen LogP contribution in [-0.2, 0) is 14.8 Å². The van der Waals surface area contributed by atoms with Gasteiger partial charge in [-0.2, -0.15) is 14.7 Å². The Morgan fingerprint density at radius 3 is 2.31 bits per heavy atom. The predicted molar refractivity (Wildman–Crippen MR) is 105 cm³/mol. The molecule has 10 nitrogen and oxygen atoms in total. The number of nitrogens with one attached hydrogen (secondary N) is 1. The van der Waals surface area contributed by atoms with Crippen LogP contribution in [0.3, 0.4) is 0 Å². The molecule has 11 heteroatoms. The van der Waals surface area contributed by atoms with E-state index in [4.69, 9.17) is 4.74 Å². The summed E-state index contributed by atoms with van der Waals surface area (Å²) in [5.41, 5.74) is 3.54. The second kappa shape index (κ2) is 8.78. The molecule has 0 aromatic heterocycles. The Bertz CT molecular complexity index is 1050. The van der Waals surface area contributed by atoms with Crippen LogP contribution in [0.1, 0.15) is 5.56 Å². The normalized spacial score (nSPS) is 15.5. The van der Waals surface area contributed by atoms with Crippen LogP contribution in [-0.4, -0.2) is 49.7 Å². The van der Waals surface area contributed by atoms with E-state index in [1.165, 1.54) is 40.7 Å². The van der Waals surface area contributed by atoms with Crippen LogP contribution in [0.5, 0.6) is 0 Å². The molecule has 1 heterocycles. The fraction of sp³-hybridized carbons (Fsp3) is 0.222. The number of nitro groups is 1. The number of benzene rings is 2. The van der Waals surface area contributed by atoms with E-state index in [-0.39, 0.29) is 16.3 Å². The van der Waals surface area contributed by atoms with Gasteiger partial charge in [-0.05, 0) is 36.4 Å². The molecule has 150 valence electrons. The van der Waals surface area contributed by atoms with Gasteiger partial charge in [0.15, 0.2) is 5.71 Å². The fourth-order valence-electron chi connectivity index (χ4n) is 2.65. The first-order valence-corrected chi connectivity index (χ1v) is 10.0. The zero-order valence-electron chi connectivity index (χ0n) is 15.2. The number of sulfonamides is 1. The van der Waals surface area contributed by atoms with Crippen LogP contribution >= 0.6 is 0 Å².